The van der Waals surface area contributed by atoms with E-state index in [1.807, 2.05) is 6.92 Å². The van der Waals surface area contributed by atoms with Crippen LogP contribution >= 0.6 is 0 Å². The van der Waals surface area contributed by atoms with Crippen LogP contribution in [0.4, 0.5) is 11.4 Å². The van der Waals surface area contributed by atoms with Gasteiger partial charge in [0.1, 0.15) is 0 Å². The number of rotatable bonds is 3. The van der Waals surface area contributed by atoms with Crippen LogP contribution < -0.4 is 5.32 Å². The molecule has 0 atom stereocenters. The third-order valence-electron chi connectivity index (χ3n) is 2.42. The number of benzene rings is 1. The van der Waals surface area contributed by atoms with Crippen molar-refractivity contribution in [2.75, 3.05) is 18.5 Å². The van der Waals surface area contributed by atoms with Gasteiger partial charge >= 0.3 is 0 Å². The smallest absolute Gasteiger partial charge is 0.269 e. The van der Waals surface area contributed by atoms with Crippen LogP contribution in [0, 0.1) is 17.0 Å². The van der Waals surface area contributed by atoms with Crippen LogP contribution in [0.5, 0.6) is 0 Å². The van der Waals surface area contributed by atoms with Crippen LogP contribution in [0.15, 0.2) is 18.2 Å². The van der Waals surface area contributed by atoms with Gasteiger partial charge in [-0.3, -0.25) is 10.1 Å². The summed E-state index contributed by atoms with van der Waals surface area (Å²) in [6.07, 6.45) is 0. The molecule has 0 aliphatic carbocycles. The molecule has 1 aromatic rings. The summed E-state index contributed by atoms with van der Waals surface area (Å²) < 4.78 is 5.04. The summed E-state index contributed by atoms with van der Waals surface area (Å²) in [7, 11) is 0. The van der Waals surface area contributed by atoms with Crippen molar-refractivity contribution in [2.24, 2.45) is 0 Å². The minimum atomic E-state index is -0.386. The number of anilines is 1. The topological polar surface area (TPSA) is 64.4 Å². The van der Waals surface area contributed by atoms with E-state index in [4.69, 9.17) is 4.74 Å². The van der Waals surface area contributed by atoms with Crippen LogP contribution in [0.1, 0.15) is 5.56 Å². The number of aryl methyl sites for hydroxylation is 1. The Morgan fingerprint density at radius 1 is 1.53 bits per heavy atom. The van der Waals surface area contributed by atoms with Gasteiger partial charge in [0.05, 0.1) is 24.2 Å². The summed E-state index contributed by atoms with van der Waals surface area (Å²) in [6.45, 7) is 3.27. The van der Waals surface area contributed by atoms with Gasteiger partial charge in [-0.25, -0.2) is 0 Å². The minimum Gasteiger partial charge on any atom is -0.377 e. The fourth-order valence-electron chi connectivity index (χ4n) is 1.46. The third-order valence-corrected chi connectivity index (χ3v) is 2.42. The fourth-order valence-corrected chi connectivity index (χ4v) is 1.46. The zero-order chi connectivity index (χ0) is 10.8. The lowest BCUT2D eigenvalue weighted by Crippen LogP contribution is -2.40. The second kappa shape index (κ2) is 3.86. The van der Waals surface area contributed by atoms with E-state index in [1.165, 1.54) is 6.07 Å². The molecule has 5 heteroatoms. The average molecular weight is 208 g/mol. The van der Waals surface area contributed by atoms with Crippen LogP contribution in [-0.2, 0) is 4.74 Å². The molecule has 1 aromatic carbocycles. The van der Waals surface area contributed by atoms with Crippen molar-refractivity contribution in [3.63, 3.8) is 0 Å². The molecule has 1 aliphatic heterocycles. The molecule has 5 nitrogen and oxygen atoms in total. The Kier molecular flexibility index (Phi) is 2.55. The summed E-state index contributed by atoms with van der Waals surface area (Å²) >= 11 is 0. The Morgan fingerprint density at radius 2 is 2.27 bits per heavy atom. The number of nitro groups is 1. The molecule has 1 heterocycles. The number of nitrogens with one attached hydrogen (secondary N) is 1. The number of hydrogen-bond acceptors (Lipinski definition) is 4. The van der Waals surface area contributed by atoms with Crippen molar-refractivity contribution < 1.29 is 9.66 Å². The Hall–Kier alpha value is -1.62. The second-order valence-corrected chi connectivity index (χ2v) is 3.64. The summed E-state index contributed by atoms with van der Waals surface area (Å²) in [5, 5.41) is 13.8. The van der Waals surface area contributed by atoms with Crippen LogP contribution in [0.3, 0.4) is 0 Å². The first kappa shape index (κ1) is 9.92. The van der Waals surface area contributed by atoms with E-state index < -0.39 is 0 Å². The van der Waals surface area contributed by atoms with Gasteiger partial charge in [-0.1, -0.05) is 0 Å². The highest BCUT2D eigenvalue weighted by molar-refractivity contribution is 5.56. The lowest BCUT2D eigenvalue weighted by atomic mass is 10.1. The first-order valence-electron chi connectivity index (χ1n) is 4.76. The van der Waals surface area contributed by atoms with Crippen molar-refractivity contribution in [3.05, 3.63) is 33.9 Å². The maximum atomic E-state index is 10.5. The SMILES string of the molecule is Cc1cc([N+](=O)[O-])ccc1NC1COC1. The highest BCUT2D eigenvalue weighted by atomic mass is 16.6. The van der Waals surface area contributed by atoms with E-state index in [0.29, 0.717) is 19.3 Å². The van der Waals surface area contributed by atoms with Gasteiger partial charge in [0, 0.05) is 17.8 Å². The molecule has 2 rings (SSSR count). The third kappa shape index (κ3) is 2.07. The van der Waals surface area contributed by atoms with E-state index in [1.54, 1.807) is 12.1 Å². The molecular weight excluding hydrogens is 196 g/mol. The normalized spacial score (nSPS) is 15.8. The van der Waals surface area contributed by atoms with Gasteiger partial charge in [0.25, 0.3) is 5.69 Å². The summed E-state index contributed by atoms with van der Waals surface area (Å²) in [6, 6.07) is 5.16. The minimum absolute atomic E-state index is 0.128. The van der Waals surface area contributed by atoms with Crippen molar-refractivity contribution >= 4 is 11.4 Å². The average Bonchev–Trinajstić information content (AvgIpc) is 2.12. The molecule has 0 aromatic heterocycles. The highest BCUT2D eigenvalue weighted by Gasteiger charge is 2.19. The molecule has 0 radical (unpaired) electrons. The Labute approximate surface area is 87.2 Å². The number of ether oxygens (including phenoxy) is 1. The van der Waals surface area contributed by atoms with Crippen molar-refractivity contribution in [2.45, 2.75) is 13.0 Å². The Morgan fingerprint density at radius 3 is 2.73 bits per heavy atom. The zero-order valence-electron chi connectivity index (χ0n) is 8.40. The lowest BCUT2D eigenvalue weighted by Gasteiger charge is -2.28. The van der Waals surface area contributed by atoms with Crippen LogP contribution in [-0.4, -0.2) is 24.2 Å². The maximum Gasteiger partial charge on any atom is 0.269 e. The van der Waals surface area contributed by atoms with E-state index >= 15 is 0 Å². The fraction of sp³-hybridized carbons (Fsp3) is 0.400. The molecule has 0 bridgehead atoms. The summed E-state index contributed by atoms with van der Waals surface area (Å²) in [5.41, 5.74) is 1.95. The van der Waals surface area contributed by atoms with Crippen molar-refractivity contribution in [1.29, 1.82) is 0 Å². The predicted octanol–water partition coefficient (Wildman–Crippen LogP) is 1.71. The zero-order valence-corrected chi connectivity index (χ0v) is 8.40. The Bertz CT molecular complexity index is 388. The molecule has 0 saturated carbocycles. The Balaban J connectivity index is 2.14. The van der Waals surface area contributed by atoms with Crippen molar-refractivity contribution in [3.8, 4) is 0 Å². The van der Waals surface area contributed by atoms with Crippen LogP contribution in [0.25, 0.3) is 0 Å². The molecule has 1 N–H and O–H groups in total. The lowest BCUT2D eigenvalue weighted by molar-refractivity contribution is -0.384. The predicted molar refractivity (Wildman–Crippen MR) is 56.1 cm³/mol. The molecule has 0 spiro atoms. The second-order valence-electron chi connectivity index (χ2n) is 3.64. The number of hydrogen-bond donors (Lipinski definition) is 1. The largest absolute Gasteiger partial charge is 0.377 e. The van der Waals surface area contributed by atoms with Crippen LogP contribution in [0.2, 0.25) is 0 Å². The standard InChI is InChI=1S/C10H12N2O3/c1-7-4-9(12(13)14)2-3-10(7)11-8-5-15-6-8/h2-4,8,11H,5-6H2,1H3. The first-order valence-corrected chi connectivity index (χ1v) is 4.76. The van der Waals surface area contributed by atoms with E-state index in [0.717, 1.165) is 11.3 Å². The molecule has 0 amide bonds. The molecule has 15 heavy (non-hydrogen) atoms. The monoisotopic (exact) mass is 208 g/mol. The molecular formula is C10H12N2O3. The van der Waals surface area contributed by atoms with Gasteiger partial charge in [0.2, 0.25) is 0 Å². The maximum absolute atomic E-state index is 10.5. The van der Waals surface area contributed by atoms with Gasteiger partial charge in [-0.15, -0.1) is 0 Å². The quantitative estimate of drug-likeness (QED) is 0.606. The molecule has 1 aliphatic rings. The van der Waals surface area contributed by atoms with Gasteiger partial charge < -0.3 is 10.1 Å². The van der Waals surface area contributed by atoms with E-state index in [9.17, 15) is 10.1 Å². The molecule has 1 fully saturated rings. The summed E-state index contributed by atoms with van der Waals surface area (Å²) in [5.74, 6) is 0. The van der Waals surface area contributed by atoms with Crippen molar-refractivity contribution in [1.82, 2.24) is 0 Å². The highest BCUT2D eigenvalue weighted by Crippen LogP contribution is 2.22. The van der Waals surface area contributed by atoms with E-state index in [-0.39, 0.29) is 10.6 Å². The van der Waals surface area contributed by atoms with E-state index in [2.05, 4.69) is 5.32 Å². The molecule has 80 valence electrons. The van der Waals surface area contributed by atoms with Gasteiger partial charge in [-0.05, 0) is 18.6 Å². The first-order chi connectivity index (χ1) is 7.16. The number of non-ortho nitro benzene ring substituents is 1. The molecule has 1 saturated heterocycles. The van der Waals surface area contributed by atoms with Gasteiger partial charge in [-0.2, -0.15) is 0 Å². The summed E-state index contributed by atoms with van der Waals surface area (Å²) in [4.78, 5) is 10.1. The van der Waals surface area contributed by atoms with Gasteiger partial charge in [0.15, 0.2) is 0 Å². The number of nitrogens with zero attached hydrogens (tertiary/aromatic N) is 1. The molecule has 0 unspecified atom stereocenters. The number of nitro benzene ring substituents is 1.